The molecule has 22 heavy (non-hydrogen) atoms. The average molecular weight is 319 g/mol. The van der Waals surface area contributed by atoms with Crippen molar-refractivity contribution in [3.05, 3.63) is 33.7 Å². The number of halogens is 3. The van der Waals surface area contributed by atoms with Crippen molar-refractivity contribution >= 4 is 5.91 Å². The number of rotatable bonds is 7. The zero-order valence-corrected chi connectivity index (χ0v) is 12.5. The quantitative estimate of drug-likeness (QED) is 0.802. The highest BCUT2D eigenvalue weighted by Crippen LogP contribution is 2.17. The zero-order valence-electron chi connectivity index (χ0n) is 12.5. The summed E-state index contributed by atoms with van der Waals surface area (Å²) < 4.78 is 37.6. The first-order valence-electron chi connectivity index (χ1n) is 6.95. The van der Waals surface area contributed by atoms with Gasteiger partial charge in [-0.15, -0.1) is 0 Å². The van der Waals surface area contributed by atoms with Gasteiger partial charge in [-0.05, 0) is 24.1 Å². The molecule has 124 valence electrons. The minimum absolute atomic E-state index is 0.199. The Hall–Kier alpha value is -1.83. The lowest BCUT2D eigenvalue weighted by Crippen LogP contribution is -2.35. The molecule has 0 aliphatic carbocycles. The molecule has 1 aromatic heterocycles. The number of amides is 1. The smallest absolute Gasteiger partial charge is 0.365 e. The van der Waals surface area contributed by atoms with Crippen LogP contribution in [0.5, 0.6) is 0 Å². The summed E-state index contributed by atoms with van der Waals surface area (Å²) in [6.07, 6.45) is -2.56. The monoisotopic (exact) mass is 319 g/mol. The van der Waals surface area contributed by atoms with Crippen molar-refractivity contribution < 1.29 is 18.0 Å². The largest absolute Gasteiger partial charge is 0.406 e. The molecule has 1 aromatic rings. The lowest BCUT2D eigenvalue weighted by Gasteiger charge is -2.14. The Kier molecular flexibility index (Phi) is 6.16. The molecule has 0 saturated carbocycles. The SMILES string of the molecule is CCC(C)CNCc1ccn(CC(F)(F)F)c(=O)c1C(N)=O. The van der Waals surface area contributed by atoms with Gasteiger partial charge in [0.05, 0.1) is 0 Å². The molecular formula is C14H20F3N3O2. The summed E-state index contributed by atoms with van der Waals surface area (Å²) in [7, 11) is 0. The lowest BCUT2D eigenvalue weighted by molar-refractivity contribution is -0.141. The molecule has 0 spiro atoms. The maximum Gasteiger partial charge on any atom is 0.406 e. The van der Waals surface area contributed by atoms with Gasteiger partial charge in [-0.25, -0.2) is 0 Å². The van der Waals surface area contributed by atoms with Crippen LogP contribution in [0.2, 0.25) is 0 Å². The van der Waals surface area contributed by atoms with Gasteiger partial charge in [0.2, 0.25) is 0 Å². The number of pyridine rings is 1. The molecule has 0 fully saturated rings. The number of alkyl halides is 3. The van der Waals surface area contributed by atoms with Gasteiger partial charge in [-0.2, -0.15) is 13.2 Å². The van der Waals surface area contributed by atoms with Crippen molar-refractivity contribution in [2.24, 2.45) is 11.7 Å². The normalized spacial score (nSPS) is 13.1. The van der Waals surface area contributed by atoms with E-state index in [1.165, 1.54) is 6.07 Å². The molecule has 0 bridgehead atoms. The van der Waals surface area contributed by atoms with Crippen LogP contribution in [0.3, 0.4) is 0 Å². The van der Waals surface area contributed by atoms with Gasteiger partial charge < -0.3 is 15.6 Å². The molecule has 8 heteroatoms. The summed E-state index contributed by atoms with van der Waals surface area (Å²) in [6.45, 7) is 3.47. The Balaban J connectivity index is 3.02. The summed E-state index contributed by atoms with van der Waals surface area (Å²) in [5.41, 5.74) is 4.03. The van der Waals surface area contributed by atoms with Gasteiger partial charge in [0.1, 0.15) is 12.1 Å². The topological polar surface area (TPSA) is 77.1 Å². The van der Waals surface area contributed by atoms with Crippen molar-refractivity contribution in [3.8, 4) is 0 Å². The summed E-state index contributed by atoms with van der Waals surface area (Å²) in [4.78, 5) is 23.4. The molecule has 5 nitrogen and oxygen atoms in total. The Bertz CT molecular complexity index is 582. The van der Waals surface area contributed by atoms with Crippen LogP contribution >= 0.6 is 0 Å². The molecule has 3 N–H and O–H groups in total. The Morgan fingerprint density at radius 3 is 2.59 bits per heavy atom. The van der Waals surface area contributed by atoms with Crippen molar-refractivity contribution in [1.29, 1.82) is 0 Å². The van der Waals surface area contributed by atoms with E-state index in [2.05, 4.69) is 5.32 Å². The molecule has 0 aromatic carbocycles. The van der Waals surface area contributed by atoms with E-state index >= 15 is 0 Å². The van der Waals surface area contributed by atoms with Crippen molar-refractivity contribution in [2.45, 2.75) is 39.5 Å². The number of carbonyl (C=O) groups excluding carboxylic acids is 1. The van der Waals surface area contributed by atoms with E-state index in [1.807, 2.05) is 13.8 Å². The van der Waals surface area contributed by atoms with Gasteiger partial charge in [-0.1, -0.05) is 20.3 Å². The maximum atomic E-state index is 12.4. The minimum atomic E-state index is -4.55. The van der Waals surface area contributed by atoms with Crippen molar-refractivity contribution in [1.82, 2.24) is 9.88 Å². The first-order valence-corrected chi connectivity index (χ1v) is 6.95. The van der Waals surface area contributed by atoms with Crippen LogP contribution in [0.15, 0.2) is 17.1 Å². The number of carbonyl (C=O) groups is 1. The van der Waals surface area contributed by atoms with Gasteiger partial charge in [0.25, 0.3) is 11.5 Å². The van der Waals surface area contributed by atoms with Gasteiger partial charge in [0, 0.05) is 12.7 Å². The summed E-state index contributed by atoms with van der Waals surface area (Å²) in [5.74, 6) is -0.621. The Labute approximate surface area is 126 Å². The van der Waals surface area contributed by atoms with Crippen LogP contribution < -0.4 is 16.6 Å². The van der Waals surface area contributed by atoms with E-state index in [0.29, 0.717) is 22.6 Å². The second kappa shape index (κ2) is 7.44. The van der Waals surface area contributed by atoms with Crippen LogP contribution in [0.1, 0.15) is 36.2 Å². The number of primary amides is 1. The van der Waals surface area contributed by atoms with Crippen LogP contribution in [-0.2, 0) is 13.1 Å². The highest BCUT2D eigenvalue weighted by Gasteiger charge is 2.29. The Morgan fingerprint density at radius 1 is 1.45 bits per heavy atom. The summed E-state index contributed by atoms with van der Waals surface area (Å²) >= 11 is 0. The minimum Gasteiger partial charge on any atom is -0.365 e. The van der Waals surface area contributed by atoms with Crippen LogP contribution in [0.25, 0.3) is 0 Å². The molecule has 1 rings (SSSR count). The fourth-order valence-electron chi connectivity index (χ4n) is 1.94. The van der Waals surface area contributed by atoms with Gasteiger partial charge >= 0.3 is 6.18 Å². The maximum absolute atomic E-state index is 12.4. The molecule has 1 atom stereocenters. The number of aromatic nitrogens is 1. The van der Waals surface area contributed by atoms with Crippen molar-refractivity contribution in [2.75, 3.05) is 6.54 Å². The first kappa shape index (κ1) is 18.2. The third-order valence-electron chi connectivity index (χ3n) is 3.35. The predicted molar refractivity (Wildman–Crippen MR) is 76.4 cm³/mol. The number of nitrogens with one attached hydrogen (secondary N) is 1. The van der Waals surface area contributed by atoms with Gasteiger partial charge in [0.15, 0.2) is 0 Å². The predicted octanol–water partition coefficient (Wildman–Crippen LogP) is 1.65. The fourth-order valence-corrected chi connectivity index (χ4v) is 1.94. The van der Waals surface area contributed by atoms with E-state index < -0.39 is 29.8 Å². The number of hydrogen-bond acceptors (Lipinski definition) is 3. The summed E-state index contributed by atoms with van der Waals surface area (Å²) in [5, 5.41) is 3.06. The molecule has 1 unspecified atom stereocenters. The number of nitrogens with zero attached hydrogens (tertiary/aromatic N) is 1. The van der Waals surface area contributed by atoms with E-state index in [4.69, 9.17) is 5.73 Å². The fraction of sp³-hybridized carbons (Fsp3) is 0.571. The molecule has 1 amide bonds. The molecular weight excluding hydrogens is 299 g/mol. The third kappa shape index (κ3) is 5.18. The Morgan fingerprint density at radius 2 is 2.09 bits per heavy atom. The zero-order chi connectivity index (χ0) is 16.9. The molecule has 0 aliphatic rings. The number of hydrogen-bond donors (Lipinski definition) is 2. The van der Waals surface area contributed by atoms with E-state index in [1.54, 1.807) is 0 Å². The molecule has 0 saturated heterocycles. The van der Waals surface area contributed by atoms with Crippen LogP contribution in [0, 0.1) is 5.92 Å². The van der Waals surface area contributed by atoms with Gasteiger partial charge in [-0.3, -0.25) is 9.59 Å². The summed E-state index contributed by atoms with van der Waals surface area (Å²) in [6, 6.07) is 1.32. The average Bonchev–Trinajstić information content (AvgIpc) is 2.39. The van der Waals surface area contributed by atoms with E-state index in [0.717, 1.165) is 12.6 Å². The highest BCUT2D eigenvalue weighted by atomic mass is 19.4. The number of nitrogens with two attached hydrogens (primary N) is 1. The molecule has 0 radical (unpaired) electrons. The highest BCUT2D eigenvalue weighted by molar-refractivity contribution is 5.93. The van der Waals surface area contributed by atoms with E-state index in [-0.39, 0.29) is 6.54 Å². The second-order valence-electron chi connectivity index (χ2n) is 5.27. The van der Waals surface area contributed by atoms with Crippen molar-refractivity contribution in [3.63, 3.8) is 0 Å². The second-order valence-corrected chi connectivity index (χ2v) is 5.27. The lowest BCUT2D eigenvalue weighted by atomic mass is 10.1. The molecule has 1 heterocycles. The third-order valence-corrected chi connectivity index (χ3v) is 3.35. The van der Waals surface area contributed by atoms with Crippen LogP contribution in [-0.4, -0.2) is 23.2 Å². The standard InChI is InChI=1S/C14H20F3N3O2/c1-3-9(2)6-19-7-10-4-5-20(8-14(15,16)17)13(22)11(10)12(18)21/h4-5,9,19H,3,6-8H2,1-2H3,(H2,18,21). The first-order chi connectivity index (χ1) is 10.2. The van der Waals surface area contributed by atoms with Crippen LogP contribution in [0.4, 0.5) is 13.2 Å². The van der Waals surface area contributed by atoms with E-state index in [9.17, 15) is 22.8 Å². The molecule has 0 aliphatic heterocycles.